The van der Waals surface area contributed by atoms with Gasteiger partial charge in [0.2, 0.25) is 6.79 Å². The molecule has 2 heterocycles. The SMILES string of the molecule is CC(C)(C)c1cc(C(=O)O)nn1-c1ccc2c(c1)OCO2. The third-order valence-electron chi connectivity index (χ3n) is 3.30. The predicted octanol–water partition coefficient (Wildman–Crippen LogP) is 2.60. The fourth-order valence-electron chi connectivity index (χ4n) is 2.23. The molecule has 110 valence electrons. The van der Waals surface area contributed by atoms with E-state index in [1.165, 1.54) is 0 Å². The van der Waals surface area contributed by atoms with Crippen molar-refractivity contribution in [3.8, 4) is 17.2 Å². The van der Waals surface area contributed by atoms with E-state index in [1.54, 1.807) is 22.9 Å². The number of rotatable bonds is 2. The first-order valence-corrected chi connectivity index (χ1v) is 6.60. The summed E-state index contributed by atoms with van der Waals surface area (Å²) < 4.78 is 12.3. The number of aromatic carboxylic acids is 1. The van der Waals surface area contributed by atoms with Crippen molar-refractivity contribution in [1.82, 2.24) is 9.78 Å². The lowest BCUT2D eigenvalue weighted by Gasteiger charge is -2.20. The Bertz CT molecular complexity index is 713. The highest BCUT2D eigenvalue weighted by Crippen LogP contribution is 2.35. The largest absolute Gasteiger partial charge is 0.476 e. The van der Waals surface area contributed by atoms with Gasteiger partial charge >= 0.3 is 5.97 Å². The lowest BCUT2D eigenvalue weighted by atomic mass is 9.91. The number of carboxylic acids is 1. The Kier molecular flexibility index (Phi) is 2.90. The van der Waals surface area contributed by atoms with Crippen molar-refractivity contribution in [2.75, 3.05) is 6.79 Å². The molecule has 0 fully saturated rings. The van der Waals surface area contributed by atoms with Crippen molar-refractivity contribution >= 4 is 5.97 Å². The van der Waals surface area contributed by atoms with Gasteiger partial charge in [0.25, 0.3) is 0 Å². The first kappa shape index (κ1) is 13.5. The highest BCUT2D eigenvalue weighted by molar-refractivity contribution is 5.85. The van der Waals surface area contributed by atoms with Crippen molar-refractivity contribution in [1.29, 1.82) is 0 Å². The Morgan fingerprint density at radius 3 is 2.62 bits per heavy atom. The summed E-state index contributed by atoms with van der Waals surface area (Å²) in [5, 5.41) is 13.4. The Morgan fingerprint density at radius 2 is 1.95 bits per heavy atom. The van der Waals surface area contributed by atoms with Crippen molar-refractivity contribution in [3.05, 3.63) is 35.7 Å². The fraction of sp³-hybridized carbons (Fsp3) is 0.333. The van der Waals surface area contributed by atoms with Crippen molar-refractivity contribution in [2.45, 2.75) is 26.2 Å². The van der Waals surface area contributed by atoms with Gasteiger partial charge in [-0.05, 0) is 18.2 Å². The Morgan fingerprint density at radius 1 is 1.24 bits per heavy atom. The van der Waals surface area contributed by atoms with Crippen LogP contribution in [0.25, 0.3) is 5.69 Å². The molecule has 1 N–H and O–H groups in total. The molecule has 0 atom stereocenters. The Balaban J connectivity index is 2.15. The molecule has 2 aromatic rings. The summed E-state index contributed by atoms with van der Waals surface area (Å²) in [6, 6.07) is 7.04. The summed E-state index contributed by atoms with van der Waals surface area (Å²) in [5.74, 6) is 0.279. The van der Waals surface area contributed by atoms with E-state index >= 15 is 0 Å². The molecule has 6 nitrogen and oxygen atoms in total. The summed E-state index contributed by atoms with van der Waals surface area (Å²) >= 11 is 0. The van der Waals surface area contributed by atoms with Crippen LogP contribution in [0.2, 0.25) is 0 Å². The van der Waals surface area contributed by atoms with Gasteiger partial charge in [0, 0.05) is 11.5 Å². The van der Waals surface area contributed by atoms with E-state index in [4.69, 9.17) is 14.6 Å². The van der Waals surface area contributed by atoms with Crippen LogP contribution in [-0.2, 0) is 5.41 Å². The van der Waals surface area contributed by atoms with Gasteiger partial charge in [0.15, 0.2) is 17.2 Å². The molecule has 0 aliphatic carbocycles. The molecule has 0 bridgehead atoms. The lowest BCUT2D eigenvalue weighted by Crippen LogP contribution is -2.17. The third kappa shape index (κ3) is 2.33. The number of nitrogens with zero attached hydrogens (tertiary/aromatic N) is 2. The molecule has 0 unspecified atom stereocenters. The van der Waals surface area contributed by atoms with Crippen LogP contribution < -0.4 is 9.47 Å². The van der Waals surface area contributed by atoms with Crippen LogP contribution in [0.15, 0.2) is 24.3 Å². The number of fused-ring (bicyclic) bond motifs is 1. The average Bonchev–Trinajstić information content (AvgIpc) is 3.03. The number of hydrogen-bond acceptors (Lipinski definition) is 4. The predicted molar refractivity (Wildman–Crippen MR) is 75.3 cm³/mol. The molecule has 0 saturated carbocycles. The molecule has 3 rings (SSSR count). The van der Waals surface area contributed by atoms with Gasteiger partial charge in [-0.1, -0.05) is 20.8 Å². The quantitative estimate of drug-likeness (QED) is 0.919. The van der Waals surface area contributed by atoms with Crippen LogP contribution in [0.4, 0.5) is 0 Å². The summed E-state index contributed by atoms with van der Waals surface area (Å²) in [6.07, 6.45) is 0. The molecule has 0 spiro atoms. The second-order valence-electron chi connectivity index (χ2n) is 5.92. The molecule has 1 aromatic carbocycles. The number of aromatic nitrogens is 2. The maximum absolute atomic E-state index is 11.2. The second-order valence-corrected chi connectivity index (χ2v) is 5.92. The van der Waals surface area contributed by atoms with E-state index in [2.05, 4.69) is 5.10 Å². The minimum Gasteiger partial charge on any atom is -0.476 e. The van der Waals surface area contributed by atoms with E-state index in [1.807, 2.05) is 26.8 Å². The van der Waals surface area contributed by atoms with E-state index in [9.17, 15) is 4.79 Å². The topological polar surface area (TPSA) is 73.6 Å². The molecule has 1 aliphatic rings. The summed E-state index contributed by atoms with van der Waals surface area (Å²) in [4.78, 5) is 11.2. The molecule has 6 heteroatoms. The Labute approximate surface area is 121 Å². The number of hydrogen-bond donors (Lipinski definition) is 1. The summed E-state index contributed by atoms with van der Waals surface area (Å²) in [5.41, 5.74) is 1.35. The van der Waals surface area contributed by atoms with Crippen molar-refractivity contribution in [2.24, 2.45) is 0 Å². The number of benzene rings is 1. The lowest BCUT2D eigenvalue weighted by molar-refractivity contribution is 0.0690. The van der Waals surface area contributed by atoms with Crippen LogP contribution in [0, 0.1) is 0 Å². The van der Waals surface area contributed by atoms with Gasteiger partial charge in [-0.15, -0.1) is 0 Å². The van der Waals surface area contributed by atoms with E-state index in [0.717, 1.165) is 11.4 Å². The fourth-order valence-corrected chi connectivity index (χ4v) is 2.23. The van der Waals surface area contributed by atoms with Crippen molar-refractivity contribution in [3.63, 3.8) is 0 Å². The zero-order chi connectivity index (χ0) is 15.2. The molecular weight excluding hydrogens is 272 g/mol. The smallest absolute Gasteiger partial charge is 0.356 e. The molecule has 1 aliphatic heterocycles. The third-order valence-corrected chi connectivity index (χ3v) is 3.30. The van der Waals surface area contributed by atoms with E-state index in [0.29, 0.717) is 11.5 Å². The maximum atomic E-state index is 11.2. The minimum atomic E-state index is -1.04. The molecule has 1 aromatic heterocycles. The van der Waals surface area contributed by atoms with Crippen LogP contribution in [0.3, 0.4) is 0 Å². The average molecular weight is 288 g/mol. The van der Waals surface area contributed by atoms with Gasteiger partial charge in [-0.3, -0.25) is 0 Å². The van der Waals surface area contributed by atoms with Gasteiger partial charge in [0.1, 0.15) is 0 Å². The first-order valence-electron chi connectivity index (χ1n) is 6.60. The monoisotopic (exact) mass is 288 g/mol. The molecule has 0 saturated heterocycles. The molecule has 0 radical (unpaired) electrons. The van der Waals surface area contributed by atoms with Crippen LogP contribution in [-0.4, -0.2) is 27.6 Å². The van der Waals surface area contributed by atoms with Crippen molar-refractivity contribution < 1.29 is 19.4 Å². The number of ether oxygens (including phenoxy) is 2. The van der Waals surface area contributed by atoms with Crippen LogP contribution in [0.5, 0.6) is 11.5 Å². The van der Waals surface area contributed by atoms with Gasteiger partial charge < -0.3 is 14.6 Å². The zero-order valence-electron chi connectivity index (χ0n) is 12.1. The van der Waals surface area contributed by atoms with E-state index < -0.39 is 5.97 Å². The summed E-state index contributed by atoms with van der Waals surface area (Å²) in [7, 11) is 0. The minimum absolute atomic E-state index is 0.0255. The van der Waals surface area contributed by atoms with Crippen LogP contribution >= 0.6 is 0 Å². The van der Waals surface area contributed by atoms with Gasteiger partial charge in [-0.2, -0.15) is 5.10 Å². The second kappa shape index (κ2) is 4.51. The molecule has 21 heavy (non-hydrogen) atoms. The van der Waals surface area contributed by atoms with Crippen LogP contribution in [0.1, 0.15) is 37.0 Å². The zero-order valence-corrected chi connectivity index (χ0v) is 12.1. The van der Waals surface area contributed by atoms with Gasteiger partial charge in [0.05, 0.1) is 11.4 Å². The van der Waals surface area contributed by atoms with Gasteiger partial charge in [-0.25, -0.2) is 9.48 Å². The Hall–Kier alpha value is -2.50. The first-order chi connectivity index (χ1) is 9.86. The normalized spacial score (nSPS) is 13.5. The number of carboxylic acid groups (broad SMARTS) is 1. The standard InChI is InChI=1S/C15H16N2O4/c1-15(2,3)13-7-10(14(18)19)16-17(13)9-4-5-11-12(6-9)21-8-20-11/h4-7H,8H2,1-3H3,(H,18,19). The highest BCUT2D eigenvalue weighted by Gasteiger charge is 2.25. The summed E-state index contributed by atoms with van der Waals surface area (Å²) in [6.45, 7) is 6.24. The maximum Gasteiger partial charge on any atom is 0.356 e. The number of carbonyl (C=O) groups is 1. The molecular formula is C15H16N2O4. The highest BCUT2D eigenvalue weighted by atomic mass is 16.7. The van der Waals surface area contributed by atoms with E-state index in [-0.39, 0.29) is 17.9 Å². The molecule has 0 amide bonds.